The van der Waals surface area contributed by atoms with Crippen LogP contribution < -0.4 is 15.4 Å². The number of halogens is 2. The molecule has 0 radical (unpaired) electrons. The number of carbonyl (C=O) groups excluding carboxylic acids is 1. The number of thiazole rings is 1. The number of aromatic nitrogens is 1. The summed E-state index contributed by atoms with van der Waals surface area (Å²) >= 11 is 1.57. The molecule has 0 aliphatic carbocycles. The topological polar surface area (TPSA) is 63.2 Å². The predicted octanol–water partition coefficient (Wildman–Crippen LogP) is 3.71. The summed E-state index contributed by atoms with van der Waals surface area (Å²) in [5.74, 6) is 1.38. The molecule has 1 fully saturated rings. The number of hydrogen-bond donors (Lipinski definition) is 2. The Bertz CT molecular complexity index is 709. The van der Waals surface area contributed by atoms with Gasteiger partial charge in [-0.25, -0.2) is 4.98 Å². The molecule has 1 saturated heterocycles. The molecule has 2 N–H and O–H groups in total. The highest BCUT2D eigenvalue weighted by Gasteiger charge is 2.22. The first-order chi connectivity index (χ1) is 12.2. The molecule has 2 heterocycles. The molecule has 0 spiro atoms. The Balaban J connectivity index is 0.00000182. The fraction of sp³-hybridized carbons (Fsp3) is 0.474. The number of rotatable bonds is 6. The molecule has 2 atom stereocenters. The lowest BCUT2D eigenvalue weighted by atomic mass is 9.95. The standard InChI is InChI=1S/C19H25N3O2S.2ClH/c1-3-24-16-6-4-14(5-7-16)19-21-15(12-25-19)10-18(23)22-17-8-9-20-11-13(17)2;;/h4-7,12-13,17,20H,3,8-11H2,1-2H3,(H,22,23);2*1H. The van der Waals surface area contributed by atoms with Crippen LogP contribution in [0.3, 0.4) is 0 Å². The summed E-state index contributed by atoms with van der Waals surface area (Å²) in [5.41, 5.74) is 1.88. The molecule has 0 saturated carbocycles. The van der Waals surface area contributed by atoms with Crippen LogP contribution in [0.5, 0.6) is 5.75 Å². The Hall–Kier alpha value is -1.34. The second-order valence-electron chi connectivity index (χ2n) is 6.42. The van der Waals surface area contributed by atoms with Crippen molar-refractivity contribution in [3.05, 3.63) is 35.3 Å². The van der Waals surface area contributed by atoms with Crippen LogP contribution in [0, 0.1) is 5.92 Å². The van der Waals surface area contributed by atoms with E-state index in [9.17, 15) is 4.79 Å². The Morgan fingerprint density at radius 3 is 2.74 bits per heavy atom. The van der Waals surface area contributed by atoms with Gasteiger partial charge in [0.25, 0.3) is 0 Å². The van der Waals surface area contributed by atoms with Gasteiger partial charge < -0.3 is 15.4 Å². The van der Waals surface area contributed by atoms with Gasteiger partial charge in [0.05, 0.1) is 18.7 Å². The third-order valence-corrected chi connectivity index (χ3v) is 5.38. The lowest BCUT2D eigenvalue weighted by Crippen LogP contribution is -2.48. The van der Waals surface area contributed by atoms with Crippen LogP contribution in [0.2, 0.25) is 0 Å². The van der Waals surface area contributed by atoms with Crippen molar-refractivity contribution in [2.45, 2.75) is 32.7 Å². The number of carbonyl (C=O) groups is 1. The minimum absolute atomic E-state index is 0. The molecular formula is C19H27Cl2N3O2S. The van der Waals surface area contributed by atoms with E-state index in [0.29, 0.717) is 18.9 Å². The van der Waals surface area contributed by atoms with Crippen molar-refractivity contribution in [3.8, 4) is 16.3 Å². The van der Waals surface area contributed by atoms with Crippen molar-refractivity contribution in [3.63, 3.8) is 0 Å². The van der Waals surface area contributed by atoms with E-state index < -0.39 is 0 Å². The van der Waals surface area contributed by atoms with Gasteiger partial charge in [0.15, 0.2) is 0 Å². The Morgan fingerprint density at radius 1 is 1.33 bits per heavy atom. The lowest BCUT2D eigenvalue weighted by molar-refractivity contribution is -0.121. The monoisotopic (exact) mass is 431 g/mol. The second kappa shape index (κ2) is 11.5. The largest absolute Gasteiger partial charge is 0.494 e. The van der Waals surface area contributed by atoms with Crippen LogP contribution in [0.4, 0.5) is 0 Å². The first kappa shape index (κ1) is 23.7. The summed E-state index contributed by atoms with van der Waals surface area (Å²) in [6, 6.07) is 8.17. The molecule has 5 nitrogen and oxygen atoms in total. The predicted molar refractivity (Wildman–Crippen MR) is 116 cm³/mol. The van der Waals surface area contributed by atoms with Gasteiger partial charge in [0.1, 0.15) is 10.8 Å². The van der Waals surface area contributed by atoms with Crippen molar-refractivity contribution in [2.75, 3.05) is 19.7 Å². The van der Waals surface area contributed by atoms with E-state index >= 15 is 0 Å². The van der Waals surface area contributed by atoms with Crippen LogP contribution >= 0.6 is 36.2 Å². The van der Waals surface area contributed by atoms with Gasteiger partial charge in [0.2, 0.25) is 5.91 Å². The third kappa shape index (κ3) is 6.64. The summed E-state index contributed by atoms with van der Waals surface area (Å²) in [6.07, 6.45) is 1.32. The quantitative estimate of drug-likeness (QED) is 0.731. The maximum atomic E-state index is 12.3. The van der Waals surface area contributed by atoms with Gasteiger partial charge in [0, 0.05) is 17.0 Å². The number of ether oxygens (including phenoxy) is 1. The molecule has 1 aliphatic rings. The average molecular weight is 432 g/mol. The molecule has 2 aromatic rings. The van der Waals surface area contributed by atoms with E-state index in [1.54, 1.807) is 11.3 Å². The fourth-order valence-corrected chi connectivity index (χ4v) is 3.86. The summed E-state index contributed by atoms with van der Waals surface area (Å²) in [5, 5.41) is 9.41. The molecule has 0 bridgehead atoms. The van der Waals surface area contributed by atoms with Gasteiger partial charge in [-0.15, -0.1) is 36.2 Å². The van der Waals surface area contributed by atoms with Crippen molar-refractivity contribution >= 4 is 42.1 Å². The zero-order valence-corrected chi connectivity index (χ0v) is 18.0. The van der Waals surface area contributed by atoms with Crippen LogP contribution in [-0.2, 0) is 11.2 Å². The van der Waals surface area contributed by atoms with Crippen LogP contribution in [0.25, 0.3) is 10.6 Å². The van der Waals surface area contributed by atoms with E-state index in [1.165, 1.54) is 0 Å². The van der Waals surface area contributed by atoms with Crippen LogP contribution in [-0.4, -0.2) is 36.6 Å². The molecule has 8 heteroatoms. The van der Waals surface area contributed by atoms with E-state index in [-0.39, 0.29) is 36.8 Å². The van der Waals surface area contributed by atoms with E-state index in [0.717, 1.165) is 41.5 Å². The summed E-state index contributed by atoms with van der Waals surface area (Å²) < 4.78 is 5.46. The number of benzene rings is 1. The number of nitrogens with zero attached hydrogens (tertiary/aromatic N) is 1. The highest BCUT2D eigenvalue weighted by molar-refractivity contribution is 7.13. The number of piperidine rings is 1. The SMILES string of the molecule is CCOc1ccc(-c2nc(CC(=O)NC3CCNCC3C)cs2)cc1.Cl.Cl. The highest BCUT2D eigenvalue weighted by Crippen LogP contribution is 2.26. The van der Waals surface area contributed by atoms with E-state index in [2.05, 4.69) is 22.5 Å². The Morgan fingerprint density at radius 2 is 2.07 bits per heavy atom. The normalized spacial score (nSPS) is 18.7. The van der Waals surface area contributed by atoms with Crippen molar-refractivity contribution in [2.24, 2.45) is 5.92 Å². The van der Waals surface area contributed by atoms with Gasteiger partial charge in [-0.2, -0.15) is 0 Å². The first-order valence-corrected chi connectivity index (χ1v) is 9.71. The molecular weight excluding hydrogens is 405 g/mol. The summed E-state index contributed by atoms with van der Waals surface area (Å²) in [4.78, 5) is 16.9. The lowest BCUT2D eigenvalue weighted by Gasteiger charge is -2.30. The van der Waals surface area contributed by atoms with Crippen molar-refractivity contribution in [1.29, 1.82) is 0 Å². The zero-order valence-electron chi connectivity index (χ0n) is 15.6. The van der Waals surface area contributed by atoms with Crippen molar-refractivity contribution in [1.82, 2.24) is 15.6 Å². The number of amides is 1. The molecule has 2 unspecified atom stereocenters. The Kier molecular flexibility index (Phi) is 10.1. The molecule has 1 aromatic carbocycles. The van der Waals surface area contributed by atoms with Crippen LogP contribution in [0.15, 0.2) is 29.6 Å². The second-order valence-corrected chi connectivity index (χ2v) is 7.28. The van der Waals surface area contributed by atoms with Gasteiger partial charge in [-0.05, 0) is 56.6 Å². The van der Waals surface area contributed by atoms with Crippen LogP contribution in [0.1, 0.15) is 26.0 Å². The fourth-order valence-electron chi connectivity index (χ4n) is 3.03. The van der Waals surface area contributed by atoms with Gasteiger partial charge in [-0.3, -0.25) is 4.79 Å². The maximum Gasteiger partial charge on any atom is 0.226 e. The number of hydrogen-bond acceptors (Lipinski definition) is 5. The first-order valence-electron chi connectivity index (χ1n) is 8.83. The molecule has 3 rings (SSSR count). The zero-order chi connectivity index (χ0) is 17.6. The summed E-state index contributed by atoms with van der Waals surface area (Å²) in [6.45, 7) is 6.73. The molecule has 1 aliphatic heterocycles. The maximum absolute atomic E-state index is 12.3. The molecule has 150 valence electrons. The summed E-state index contributed by atoms with van der Waals surface area (Å²) in [7, 11) is 0. The number of nitrogens with one attached hydrogen (secondary N) is 2. The van der Waals surface area contributed by atoms with Gasteiger partial charge in [-0.1, -0.05) is 6.92 Å². The average Bonchev–Trinajstić information content (AvgIpc) is 3.06. The molecule has 1 aromatic heterocycles. The van der Waals surface area contributed by atoms with Gasteiger partial charge >= 0.3 is 0 Å². The molecule has 1 amide bonds. The van der Waals surface area contributed by atoms with Crippen molar-refractivity contribution < 1.29 is 9.53 Å². The minimum Gasteiger partial charge on any atom is -0.494 e. The smallest absolute Gasteiger partial charge is 0.226 e. The van der Waals surface area contributed by atoms with E-state index in [1.807, 2.05) is 36.6 Å². The third-order valence-electron chi connectivity index (χ3n) is 4.44. The molecule has 27 heavy (non-hydrogen) atoms. The highest BCUT2D eigenvalue weighted by atomic mass is 35.5. The van der Waals surface area contributed by atoms with E-state index in [4.69, 9.17) is 4.74 Å². The minimum atomic E-state index is 0. The Labute approximate surface area is 177 Å².